The zero-order valence-electron chi connectivity index (χ0n) is 12.0. The van der Waals surface area contributed by atoms with Crippen molar-refractivity contribution in [3.63, 3.8) is 0 Å². The minimum Gasteiger partial charge on any atom is -0.298 e. The van der Waals surface area contributed by atoms with E-state index in [1.807, 2.05) is 0 Å². The Morgan fingerprint density at radius 3 is 1.68 bits per heavy atom. The van der Waals surface area contributed by atoms with Crippen molar-refractivity contribution in [2.24, 2.45) is 11.8 Å². The molecule has 0 amide bonds. The fraction of sp³-hybridized carbons (Fsp3) is 0.722. The van der Waals surface area contributed by atoms with Crippen molar-refractivity contribution >= 4 is 5.78 Å². The monoisotopic (exact) mass is 258 g/mol. The van der Waals surface area contributed by atoms with Crippen LogP contribution in [0, 0.1) is 11.8 Å². The quantitative estimate of drug-likeness (QED) is 0.639. The lowest BCUT2D eigenvalue weighted by Gasteiger charge is -2.33. The summed E-state index contributed by atoms with van der Waals surface area (Å²) in [7, 11) is 0. The first-order chi connectivity index (χ1) is 9.36. The Morgan fingerprint density at radius 1 is 0.737 bits per heavy atom. The van der Waals surface area contributed by atoms with Crippen LogP contribution in [0.2, 0.25) is 0 Å². The van der Waals surface area contributed by atoms with E-state index in [2.05, 4.69) is 12.2 Å². The minimum atomic E-state index is 0.280. The topological polar surface area (TPSA) is 17.1 Å². The molecule has 0 aromatic carbocycles. The normalized spacial score (nSPS) is 32.7. The van der Waals surface area contributed by atoms with E-state index in [0.717, 1.165) is 12.8 Å². The second-order valence-corrected chi connectivity index (χ2v) is 6.49. The lowest BCUT2D eigenvalue weighted by molar-refractivity contribution is -0.126. The smallest absolute Gasteiger partial charge is 0.147 e. The third kappa shape index (κ3) is 2.85. The molecule has 1 fully saturated rings. The summed E-state index contributed by atoms with van der Waals surface area (Å²) >= 11 is 0. The highest BCUT2D eigenvalue weighted by atomic mass is 16.1. The van der Waals surface area contributed by atoms with E-state index < -0.39 is 0 Å². The maximum Gasteiger partial charge on any atom is 0.147 e. The van der Waals surface area contributed by atoms with Crippen LogP contribution in [0.4, 0.5) is 0 Å². The largest absolute Gasteiger partial charge is 0.298 e. The fourth-order valence-corrected chi connectivity index (χ4v) is 4.15. The van der Waals surface area contributed by atoms with Crippen LogP contribution in [-0.2, 0) is 4.79 Å². The van der Waals surface area contributed by atoms with Crippen LogP contribution in [0.25, 0.3) is 0 Å². The zero-order valence-corrected chi connectivity index (χ0v) is 12.0. The second-order valence-electron chi connectivity index (χ2n) is 6.49. The van der Waals surface area contributed by atoms with Gasteiger partial charge >= 0.3 is 0 Å². The second kappa shape index (κ2) is 6.07. The van der Waals surface area contributed by atoms with Crippen LogP contribution < -0.4 is 0 Å². The Bertz CT molecular complexity index is 366. The summed E-state index contributed by atoms with van der Waals surface area (Å²) in [5.74, 6) is 1.12. The molecule has 1 saturated carbocycles. The molecule has 0 N–H and O–H groups in total. The van der Waals surface area contributed by atoms with E-state index in [-0.39, 0.29) is 11.8 Å². The van der Waals surface area contributed by atoms with Gasteiger partial charge in [-0.15, -0.1) is 0 Å². The Balaban J connectivity index is 1.75. The van der Waals surface area contributed by atoms with Crippen molar-refractivity contribution in [3.05, 3.63) is 23.3 Å². The molecule has 0 aromatic rings. The summed E-state index contributed by atoms with van der Waals surface area (Å²) in [6.07, 6.45) is 18.2. The summed E-state index contributed by atoms with van der Waals surface area (Å²) < 4.78 is 0. The molecular formula is C18H26O. The van der Waals surface area contributed by atoms with Crippen LogP contribution in [0.1, 0.15) is 70.6 Å². The summed E-state index contributed by atoms with van der Waals surface area (Å²) in [6.45, 7) is 0. The molecule has 104 valence electrons. The van der Waals surface area contributed by atoms with Crippen molar-refractivity contribution in [1.82, 2.24) is 0 Å². The van der Waals surface area contributed by atoms with Gasteiger partial charge in [-0.05, 0) is 64.2 Å². The molecule has 0 unspecified atom stereocenters. The van der Waals surface area contributed by atoms with Crippen LogP contribution >= 0.6 is 0 Å². The van der Waals surface area contributed by atoms with Crippen LogP contribution in [0.15, 0.2) is 23.3 Å². The number of carbonyl (C=O) groups excluding carboxylic acids is 1. The number of carbonyl (C=O) groups is 1. The van der Waals surface area contributed by atoms with Gasteiger partial charge in [0.1, 0.15) is 5.78 Å². The molecule has 3 aliphatic rings. The maximum absolute atomic E-state index is 12.8. The van der Waals surface area contributed by atoms with Gasteiger partial charge in [0.15, 0.2) is 0 Å². The van der Waals surface area contributed by atoms with Gasteiger partial charge in [-0.1, -0.05) is 29.7 Å². The Hall–Kier alpha value is -0.850. The molecule has 0 saturated heterocycles. The predicted octanol–water partition coefficient (Wildman–Crippen LogP) is 4.97. The number of allylic oxidation sites excluding steroid dienone is 4. The summed E-state index contributed by atoms with van der Waals surface area (Å²) in [5, 5.41) is 0. The first kappa shape index (κ1) is 13.1. The van der Waals surface area contributed by atoms with E-state index in [1.54, 1.807) is 0 Å². The van der Waals surface area contributed by atoms with E-state index in [0.29, 0.717) is 5.78 Å². The molecule has 3 aliphatic carbocycles. The molecule has 0 aromatic heterocycles. The van der Waals surface area contributed by atoms with Gasteiger partial charge in [0.2, 0.25) is 0 Å². The maximum atomic E-state index is 12.8. The van der Waals surface area contributed by atoms with Crippen molar-refractivity contribution < 1.29 is 4.79 Å². The number of hydrogen-bond acceptors (Lipinski definition) is 1. The van der Waals surface area contributed by atoms with Gasteiger partial charge in [-0.25, -0.2) is 0 Å². The standard InChI is InChI=1S/C18H26O/c19-18-16(14-8-3-1-4-9-14)12-7-13-17(18)15-10-5-2-6-11-15/h8,10,16-17H,1-7,9,11-13H2/t16-,17-/m1/s1. The fourth-order valence-electron chi connectivity index (χ4n) is 4.15. The first-order valence-corrected chi connectivity index (χ1v) is 8.28. The van der Waals surface area contributed by atoms with Crippen molar-refractivity contribution in [2.45, 2.75) is 70.6 Å². The molecule has 0 heterocycles. The highest BCUT2D eigenvalue weighted by Crippen LogP contribution is 2.39. The molecule has 2 atom stereocenters. The van der Waals surface area contributed by atoms with Crippen LogP contribution in [-0.4, -0.2) is 5.78 Å². The van der Waals surface area contributed by atoms with Gasteiger partial charge in [-0.2, -0.15) is 0 Å². The minimum absolute atomic E-state index is 0.280. The Kier molecular flexibility index (Phi) is 4.20. The van der Waals surface area contributed by atoms with E-state index in [4.69, 9.17) is 0 Å². The van der Waals surface area contributed by atoms with Crippen molar-refractivity contribution in [1.29, 1.82) is 0 Å². The molecule has 0 radical (unpaired) electrons. The number of rotatable bonds is 2. The molecular weight excluding hydrogens is 232 g/mol. The molecule has 1 heteroatoms. The van der Waals surface area contributed by atoms with Crippen molar-refractivity contribution in [2.75, 3.05) is 0 Å². The molecule has 0 spiro atoms. The van der Waals surface area contributed by atoms with Crippen LogP contribution in [0.5, 0.6) is 0 Å². The zero-order chi connectivity index (χ0) is 13.1. The van der Waals surface area contributed by atoms with Gasteiger partial charge in [0, 0.05) is 11.8 Å². The first-order valence-electron chi connectivity index (χ1n) is 8.28. The van der Waals surface area contributed by atoms with Gasteiger partial charge < -0.3 is 0 Å². The molecule has 1 nitrogen and oxygen atoms in total. The van der Waals surface area contributed by atoms with E-state index >= 15 is 0 Å². The number of ketones is 1. The SMILES string of the molecule is O=C1[C@@H](C2=CCCCC2)CCC[C@@H]1C1=CCCCC1. The van der Waals surface area contributed by atoms with E-state index in [9.17, 15) is 4.79 Å². The summed E-state index contributed by atoms with van der Waals surface area (Å²) in [6, 6.07) is 0. The summed E-state index contributed by atoms with van der Waals surface area (Å²) in [4.78, 5) is 12.8. The van der Waals surface area contributed by atoms with Crippen molar-refractivity contribution in [3.8, 4) is 0 Å². The number of hydrogen-bond donors (Lipinski definition) is 0. The average Bonchev–Trinajstić information content (AvgIpc) is 2.49. The van der Waals surface area contributed by atoms with Gasteiger partial charge in [0.25, 0.3) is 0 Å². The molecule has 0 aliphatic heterocycles. The molecule has 0 bridgehead atoms. The number of Topliss-reactive ketones (excluding diaryl/α,β-unsaturated/α-hetero) is 1. The third-order valence-electron chi connectivity index (χ3n) is 5.22. The molecule has 19 heavy (non-hydrogen) atoms. The van der Waals surface area contributed by atoms with Crippen LogP contribution in [0.3, 0.4) is 0 Å². The summed E-state index contributed by atoms with van der Waals surface area (Å²) in [5.41, 5.74) is 2.97. The lowest BCUT2D eigenvalue weighted by Crippen LogP contribution is -2.31. The average molecular weight is 258 g/mol. The molecule has 3 rings (SSSR count). The predicted molar refractivity (Wildman–Crippen MR) is 78.9 cm³/mol. The van der Waals surface area contributed by atoms with E-state index in [1.165, 1.54) is 68.9 Å². The lowest BCUT2D eigenvalue weighted by atomic mass is 9.70. The highest BCUT2D eigenvalue weighted by molar-refractivity contribution is 5.89. The third-order valence-corrected chi connectivity index (χ3v) is 5.22. The van der Waals surface area contributed by atoms with Gasteiger partial charge in [-0.3, -0.25) is 4.79 Å². The Labute approximate surface area is 117 Å². The Morgan fingerprint density at radius 2 is 1.26 bits per heavy atom. The van der Waals surface area contributed by atoms with Gasteiger partial charge in [0.05, 0.1) is 0 Å². The highest BCUT2D eigenvalue weighted by Gasteiger charge is 2.35.